The second kappa shape index (κ2) is 6.11. The molecule has 0 aliphatic heterocycles. The molecule has 0 spiro atoms. The van der Waals surface area contributed by atoms with Crippen LogP contribution < -0.4 is 10.5 Å². The Labute approximate surface area is 133 Å². The molecule has 23 heavy (non-hydrogen) atoms. The number of nitrogens with zero attached hydrogens (tertiary/aromatic N) is 3. The van der Waals surface area contributed by atoms with Crippen molar-refractivity contribution in [2.45, 2.75) is 4.90 Å². The third-order valence-electron chi connectivity index (χ3n) is 3.03. The number of anilines is 2. The highest BCUT2D eigenvalue weighted by Gasteiger charge is 2.09. The molecule has 0 saturated heterocycles. The Bertz CT molecular complexity index is 929. The summed E-state index contributed by atoms with van der Waals surface area (Å²) < 4.78 is 22.8. The summed E-state index contributed by atoms with van der Waals surface area (Å²) in [5.74, 6) is 0.345. The standard InChI is InChI=1S/C15H13N5O2S/c16-23(21,22)13-5-1-4-12(9-13)19-15-18-8-6-14(20-15)11-3-2-7-17-10-11/h1-10H,(H2,16,21,22)(H,18,19,20). The molecule has 8 heteroatoms. The third-order valence-corrected chi connectivity index (χ3v) is 3.94. The highest BCUT2D eigenvalue weighted by atomic mass is 32.2. The van der Waals surface area contributed by atoms with Gasteiger partial charge < -0.3 is 5.32 Å². The number of pyridine rings is 1. The fourth-order valence-corrected chi connectivity index (χ4v) is 2.53. The summed E-state index contributed by atoms with van der Waals surface area (Å²) in [7, 11) is -3.76. The molecule has 2 heterocycles. The molecule has 0 atom stereocenters. The average Bonchev–Trinajstić information content (AvgIpc) is 2.55. The van der Waals surface area contributed by atoms with Crippen LogP contribution in [-0.2, 0) is 10.0 Å². The van der Waals surface area contributed by atoms with Crippen LogP contribution in [0.15, 0.2) is 66.0 Å². The summed E-state index contributed by atoms with van der Waals surface area (Å²) in [6.45, 7) is 0. The SMILES string of the molecule is NS(=O)(=O)c1cccc(Nc2nccc(-c3cccnc3)n2)c1. The minimum atomic E-state index is -3.76. The van der Waals surface area contributed by atoms with Crippen LogP contribution in [-0.4, -0.2) is 23.4 Å². The van der Waals surface area contributed by atoms with Crippen molar-refractivity contribution < 1.29 is 8.42 Å². The van der Waals surface area contributed by atoms with Gasteiger partial charge in [-0.25, -0.2) is 23.5 Å². The molecule has 0 unspecified atom stereocenters. The van der Waals surface area contributed by atoms with Gasteiger partial charge in [0.05, 0.1) is 10.6 Å². The van der Waals surface area contributed by atoms with E-state index in [0.29, 0.717) is 17.3 Å². The number of hydrogen-bond acceptors (Lipinski definition) is 6. The van der Waals surface area contributed by atoms with Gasteiger partial charge in [-0.2, -0.15) is 0 Å². The molecule has 2 aromatic heterocycles. The molecule has 0 amide bonds. The Morgan fingerprint density at radius 2 is 1.91 bits per heavy atom. The normalized spacial score (nSPS) is 11.2. The van der Waals surface area contributed by atoms with E-state index < -0.39 is 10.0 Å². The molecule has 0 bridgehead atoms. The van der Waals surface area contributed by atoms with E-state index in [1.807, 2.05) is 12.1 Å². The largest absolute Gasteiger partial charge is 0.324 e. The van der Waals surface area contributed by atoms with Gasteiger partial charge in [-0.15, -0.1) is 0 Å². The van der Waals surface area contributed by atoms with E-state index in [-0.39, 0.29) is 4.90 Å². The van der Waals surface area contributed by atoms with Crippen LogP contribution >= 0.6 is 0 Å². The molecular weight excluding hydrogens is 314 g/mol. The first-order valence-corrected chi connectivity index (χ1v) is 8.20. The molecule has 116 valence electrons. The number of hydrogen-bond donors (Lipinski definition) is 2. The fraction of sp³-hybridized carbons (Fsp3) is 0. The summed E-state index contributed by atoms with van der Waals surface area (Å²) >= 11 is 0. The number of nitrogens with two attached hydrogens (primary N) is 1. The summed E-state index contributed by atoms with van der Waals surface area (Å²) in [5, 5.41) is 8.09. The minimum absolute atomic E-state index is 0.0194. The molecule has 0 fully saturated rings. The predicted molar refractivity (Wildman–Crippen MR) is 86.4 cm³/mol. The first-order chi connectivity index (χ1) is 11.0. The zero-order valence-electron chi connectivity index (χ0n) is 11.9. The van der Waals surface area contributed by atoms with E-state index in [9.17, 15) is 8.42 Å². The van der Waals surface area contributed by atoms with Crippen molar-refractivity contribution in [2.75, 3.05) is 5.32 Å². The van der Waals surface area contributed by atoms with Crippen LogP contribution in [0.1, 0.15) is 0 Å². The zero-order chi connectivity index (χ0) is 16.3. The third kappa shape index (κ3) is 3.68. The van der Waals surface area contributed by atoms with Crippen molar-refractivity contribution in [3.63, 3.8) is 0 Å². The van der Waals surface area contributed by atoms with Crippen LogP contribution in [0.2, 0.25) is 0 Å². The fourth-order valence-electron chi connectivity index (χ4n) is 1.97. The lowest BCUT2D eigenvalue weighted by atomic mass is 10.2. The number of benzene rings is 1. The van der Waals surface area contributed by atoms with Crippen LogP contribution in [0, 0.1) is 0 Å². The first-order valence-electron chi connectivity index (χ1n) is 6.66. The quantitative estimate of drug-likeness (QED) is 0.757. The first kappa shape index (κ1) is 15.1. The van der Waals surface area contributed by atoms with Gasteiger partial charge >= 0.3 is 0 Å². The second-order valence-corrected chi connectivity index (χ2v) is 6.27. The average molecular weight is 327 g/mol. The Balaban J connectivity index is 1.90. The van der Waals surface area contributed by atoms with Gasteiger partial charge in [0.25, 0.3) is 0 Å². The highest BCUT2D eigenvalue weighted by Crippen LogP contribution is 2.20. The minimum Gasteiger partial charge on any atom is -0.324 e. The van der Waals surface area contributed by atoms with Crippen molar-refractivity contribution in [3.8, 4) is 11.3 Å². The molecule has 0 aliphatic rings. The molecule has 3 rings (SSSR count). The van der Waals surface area contributed by atoms with Crippen LogP contribution in [0.25, 0.3) is 11.3 Å². The Hall–Kier alpha value is -2.84. The van der Waals surface area contributed by atoms with E-state index in [0.717, 1.165) is 5.56 Å². The highest BCUT2D eigenvalue weighted by molar-refractivity contribution is 7.89. The Morgan fingerprint density at radius 1 is 1.04 bits per heavy atom. The van der Waals surface area contributed by atoms with Gasteiger partial charge in [0.1, 0.15) is 0 Å². The van der Waals surface area contributed by atoms with Crippen molar-refractivity contribution in [1.29, 1.82) is 0 Å². The van der Waals surface area contributed by atoms with Gasteiger partial charge in [-0.3, -0.25) is 4.98 Å². The molecule has 7 nitrogen and oxygen atoms in total. The maximum atomic E-state index is 11.4. The summed E-state index contributed by atoms with van der Waals surface area (Å²) in [6.07, 6.45) is 5.00. The maximum Gasteiger partial charge on any atom is 0.238 e. The number of primary sulfonamides is 1. The van der Waals surface area contributed by atoms with Gasteiger partial charge in [-0.05, 0) is 36.4 Å². The number of nitrogens with one attached hydrogen (secondary N) is 1. The van der Waals surface area contributed by atoms with Crippen molar-refractivity contribution >= 4 is 21.7 Å². The molecule has 3 aromatic rings. The molecule has 0 saturated carbocycles. The van der Waals surface area contributed by atoms with E-state index in [1.54, 1.807) is 36.8 Å². The zero-order valence-corrected chi connectivity index (χ0v) is 12.7. The predicted octanol–water partition coefficient (Wildman–Crippen LogP) is 1.93. The van der Waals surface area contributed by atoms with Gasteiger partial charge in [-0.1, -0.05) is 6.07 Å². The topological polar surface area (TPSA) is 111 Å². The van der Waals surface area contributed by atoms with E-state index in [1.165, 1.54) is 12.1 Å². The van der Waals surface area contributed by atoms with Crippen molar-refractivity contribution in [2.24, 2.45) is 5.14 Å². The van der Waals surface area contributed by atoms with Crippen molar-refractivity contribution in [3.05, 3.63) is 61.1 Å². The van der Waals surface area contributed by atoms with E-state index in [2.05, 4.69) is 20.3 Å². The van der Waals surface area contributed by atoms with Crippen molar-refractivity contribution in [1.82, 2.24) is 15.0 Å². The maximum absolute atomic E-state index is 11.4. The number of sulfonamides is 1. The second-order valence-electron chi connectivity index (χ2n) is 4.71. The van der Waals surface area contributed by atoms with Gasteiger partial charge in [0.2, 0.25) is 16.0 Å². The van der Waals surface area contributed by atoms with Gasteiger partial charge in [0.15, 0.2) is 0 Å². The Kier molecular flexibility index (Phi) is 4.00. The molecular formula is C15H13N5O2S. The van der Waals surface area contributed by atoms with E-state index in [4.69, 9.17) is 5.14 Å². The van der Waals surface area contributed by atoms with Gasteiger partial charge in [0, 0.05) is 29.8 Å². The smallest absolute Gasteiger partial charge is 0.238 e. The van der Waals surface area contributed by atoms with E-state index >= 15 is 0 Å². The van der Waals surface area contributed by atoms with Crippen LogP contribution in [0.3, 0.4) is 0 Å². The number of aromatic nitrogens is 3. The lowest BCUT2D eigenvalue weighted by Gasteiger charge is -2.07. The Morgan fingerprint density at radius 3 is 2.65 bits per heavy atom. The summed E-state index contributed by atoms with van der Waals surface area (Å²) in [6, 6.07) is 11.6. The number of rotatable bonds is 4. The monoisotopic (exact) mass is 327 g/mol. The molecule has 3 N–H and O–H groups in total. The lowest BCUT2D eigenvalue weighted by molar-refractivity contribution is 0.598. The van der Waals surface area contributed by atoms with Crippen LogP contribution in [0.5, 0.6) is 0 Å². The lowest BCUT2D eigenvalue weighted by Crippen LogP contribution is -2.12. The molecule has 1 aromatic carbocycles. The summed E-state index contributed by atoms with van der Waals surface area (Å²) in [5.41, 5.74) is 2.09. The molecule has 0 aliphatic carbocycles. The van der Waals surface area contributed by atoms with Crippen LogP contribution in [0.4, 0.5) is 11.6 Å². The summed E-state index contributed by atoms with van der Waals surface area (Å²) in [4.78, 5) is 12.6. The molecule has 0 radical (unpaired) electrons.